The van der Waals surface area contributed by atoms with Crippen LogP contribution in [0.3, 0.4) is 0 Å². The van der Waals surface area contributed by atoms with Gasteiger partial charge in [0.25, 0.3) is 5.91 Å². The van der Waals surface area contributed by atoms with Gasteiger partial charge >= 0.3 is 0 Å². The predicted octanol–water partition coefficient (Wildman–Crippen LogP) is 0.490. The van der Waals surface area contributed by atoms with Gasteiger partial charge in [-0.2, -0.15) is 0 Å². The van der Waals surface area contributed by atoms with Crippen LogP contribution in [0, 0.1) is 5.92 Å². The van der Waals surface area contributed by atoms with Crippen molar-refractivity contribution < 1.29 is 22.7 Å². The zero-order chi connectivity index (χ0) is 15.5. The van der Waals surface area contributed by atoms with Crippen molar-refractivity contribution in [3.8, 4) is 5.75 Å². The lowest BCUT2D eigenvalue weighted by molar-refractivity contribution is -0.121. The molecular formula is C13H16N2O5S. The predicted molar refractivity (Wildman–Crippen MR) is 76.3 cm³/mol. The smallest absolute Gasteiger partial charge is 0.271 e. The first-order chi connectivity index (χ1) is 9.83. The van der Waals surface area contributed by atoms with Crippen LogP contribution >= 0.6 is 0 Å². The summed E-state index contributed by atoms with van der Waals surface area (Å²) in [6.45, 7) is -0.424. The summed E-state index contributed by atoms with van der Waals surface area (Å²) in [5.74, 6) is -0.325. The molecule has 21 heavy (non-hydrogen) atoms. The molecule has 0 aromatic heterocycles. The van der Waals surface area contributed by atoms with Crippen LogP contribution in [0.4, 0.5) is 5.69 Å². The van der Waals surface area contributed by atoms with E-state index in [1.165, 1.54) is 0 Å². The van der Waals surface area contributed by atoms with E-state index in [1.54, 1.807) is 29.0 Å². The van der Waals surface area contributed by atoms with Gasteiger partial charge in [0.1, 0.15) is 5.75 Å². The van der Waals surface area contributed by atoms with E-state index in [9.17, 15) is 18.0 Å². The first-order valence-electron chi connectivity index (χ1n) is 6.38. The number of hydrogen-bond acceptors (Lipinski definition) is 5. The minimum Gasteiger partial charge on any atom is -0.484 e. The summed E-state index contributed by atoms with van der Waals surface area (Å²) in [4.78, 5) is 22.9. The maximum atomic E-state index is 11.6. The van der Waals surface area contributed by atoms with Gasteiger partial charge in [-0.3, -0.25) is 14.3 Å². The lowest BCUT2D eigenvalue weighted by Gasteiger charge is -2.09. The van der Waals surface area contributed by atoms with Gasteiger partial charge in [-0.1, -0.05) is 6.07 Å². The van der Waals surface area contributed by atoms with Crippen LogP contribution in [0.5, 0.6) is 5.75 Å². The Balaban J connectivity index is 1.88. The molecule has 1 fully saturated rings. The molecule has 0 spiro atoms. The molecule has 0 saturated heterocycles. The molecule has 1 saturated carbocycles. The summed E-state index contributed by atoms with van der Waals surface area (Å²) in [6.07, 6.45) is 2.71. The summed E-state index contributed by atoms with van der Waals surface area (Å²) in [5, 5.41) is 2.75. The highest BCUT2D eigenvalue weighted by Crippen LogP contribution is 2.30. The molecule has 0 atom stereocenters. The van der Waals surface area contributed by atoms with Crippen molar-refractivity contribution >= 4 is 27.5 Å². The van der Waals surface area contributed by atoms with E-state index in [2.05, 4.69) is 5.32 Å². The molecule has 1 aliphatic carbocycles. The largest absolute Gasteiger partial charge is 0.484 e. The van der Waals surface area contributed by atoms with E-state index in [1.807, 2.05) is 0 Å². The average Bonchev–Trinajstić information content (AvgIpc) is 3.19. The van der Waals surface area contributed by atoms with Crippen LogP contribution in [0.25, 0.3) is 0 Å². The number of carbonyl (C=O) groups is 2. The van der Waals surface area contributed by atoms with Crippen LogP contribution in [0.15, 0.2) is 24.3 Å². The topological polar surface area (TPSA) is 102 Å². The number of ether oxygens (including phenoxy) is 1. The number of hydrogen-bond donors (Lipinski definition) is 2. The summed E-state index contributed by atoms with van der Waals surface area (Å²) >= 11 is 0. The van der Waals surface area contributed by atoms with Gasteiger partial charge in [0, 0.05) is 17.7 Å². The second kappa shape index (κ2) is 6.13. The number of sulfonamides is 1. The van der Waals surface area contributed by atoms with Gasteiger partial charge in [0.15, 0.2) is 6.61 Å². The number of rotatable bonds is 6. The van der Waals surface area contributed by atoms with E-state index >= 15 is 0 Å². The first-order valence-corrected chi connectivity index (χ1v) is 8.27. The second-order valence-electron chi connectivity index (χ2n) is 4.88. The molecule has 2 rings (SSSR count). The molecule has 0 bridgehead atoms. The second-order valence-corrected chi connectivity index (χ2v) is 6.63. The summed E-state index contributed by atoms with van der Waals surface area (Å²) in [6, 6.07) is 6.57. The molecule has 1 aromatic rings. The number of amides is 2. The van der Waals surface area contributed by atoms with Crippen molar-refractivity contribution in [2.75, 3.05) is 18.2 Å². The van der Waals surface area contributed by atoms with Gasteiger partial charge in [-0.15, -0.1) is 0 Å². The summed E-state index contributed by atoms with van der Waals surface area (Å²) in [5.41, 5.74) is 0.577. The minimum atomic E-state index is -3.59. The third kappa shape index (κ3) is 5.42. The lowest BCUT2D eigenvalue weighted by Crippen LogP contribution is -2.33. The Bertz CT molecular complexity index is 652. The molecule has 0 radical (unpaired) electrons. The fourth-order valence-corrected chi connectivity index (χ4v) is 2.11. The molecule has 1 aromatic carbocycles. The van der Waals surface area contributed by atoms with Gasteiger partial charge in [0.2, 0.25) is 15.9 Å². The summed E-state index contributed by atoms with van der Waals surface area (Å²) in [7, 11) is -3.59. The average molecular weight is 312 g/mol. The van der Waals surface area contributed by atoms with Crippen LogP contribution < -0.4 is 14.8 Å². The molecule has 8 heteroatoms. The summed E-state index contributed by atoms with van der Waals surface area (Å²) < 4.78 is 28.7. The van der Waals surface area contributed by atoms with Crippen molar-refractivity contribution in [2.24, 2.45) is 5.92 Å². The Morgan fingerprint density at radius 2 is 2.05 bits per heavy atom. The minimum absolute atomic E-state index is 0.0260. The van der Waals surface area contributed by atoms with Crippen LogP contribution in [0.1, 0.15) is 12.8 Å². The van der Waals surface area contributed by atoms with Crippen LogP contribution in [-0.4, -0.2) is 33.1 Å². The Kier molecular flexibility index (Phi) is 4.46. The maximum Gasteiger partial charge on any atom is 0.271 e. The van der Waals surface area contributed by atoms with Gasteiger partial charge in [-0.25, -0.2) is 8.42 Å². The SMILES string of the molecule is CS(=O)(=O)NC(=O)COc1cccc(NC(=O)C2CC2)c1. The molecule has 0 aliphatic heterocycles. The van der Waals surface area contributed by atoms with E-state index in [0.29, 0.717) is 11.4 Å². The molecule has 0 unspecified atom stereocenters. The highest BCUT2D eigenvalue weighted by molar-refractivity contribution is 7.89. The third-order valence-corrected chi connectivity index (χ3v) is 3.32. The van der Waals surface area contributed by atoms with Crippen molar-refractivity contribution in [3.05, 3.63) is 24.3 Å². The van der Waals surface area contributed by atoms with Gasteiger partial charge in [-0.05, 0) is 25.0 Å². The lowest BCUT2D eigenvalue weighted by atomic mass is 10.3. The zero-order valence-electron chi connectivity index (χ0n) is 11.5. The number of anilines is 1. The van der Waals surface area contributed by atoms with E-state index in [-0.39, 0.29) is 11.8 Å². The molecule has 0 heterocycles. The Morgan fingerprint density at radius 1 is 1.33 bits per heavy atom. The van der Waals surface area contributed by atoms with Gasteiger partial charge < -0.3 is 10.1 Å². The molecular weight excluding hydrogens is 296 g/mol. The molecule has 2 amide bonds. The van der Waals surface area contributed by atoms with Crippen molar-refractivity contribution in [2.45, 2.75) is 12.8 Å². The Labute approximate surface area is 122 Å². The molecule has 1 aliphatic rings. The molecule has 114 valence electrons. The molecule has 7 nitrogen and oxygen atoms in total. The number of carbonyl (C=O) groups excluding carboxylic acids is 2. The quantitative estimate of drug-likeness (QED) is 0.796. The monoisotopic (exact) mass is 312 g/mol. The van der Waals surface area contributed by atoms with E-state index < -0.39 is 22.5 Å². The van der Waals surface area contributed by atoms with Crippen LogP contribution in [0.2, 0.25) is 0 Å². The van der Waals surface area contributed by atoms with Crippen molar-refractivity contribution in [1.29, 1.82) is 0 Å². The maximum absolute atomic E-state index is 11.6. The standard InChI is InChI=1S/C13H16N2O5S/c1-21(18,19)15-12(16)8-20-11-4-2-3-10(7-11)14-13(17)9-5-6-9/h2-4,7,9H,5-6,8H2,1H3,(H,14,17)(H,15,16). The third-order valence-electron chi connectivity index (χ3n) is 2.72. The zero-order valence-corrected chi connectivity index (χ0v) is 12.3. The fourth-order valence-electron chi connectivity index (χ4n) is 1.64. The van der Waals surface area contributed by atoms with Crippen LogP contribution in [-0.2, 0) is 19.6 Å². The van der Waals surface area contributed by atoms with E-state index in [0.717, 1.165) is 19.1 Å². The van der Waals surface area contributed by atoms with Gasteiger partial charge in [0.05, 0.1) is 6.26 Å². The number of benzene rings is 1. The van der Waals surface area contributed by atoms with Crippen molar-refractivity contribution in [1.82, 2.24) is 4.72 Å². The highest BCUT2D eigenvalue weighted by Gasteiger charge is 2.29. The number of nitrogens with one attached hydrogen (secondary N) is 2. The highest BCUT2D eigenvalue weighted by atomic mass is 32.2. The molecule has 2 N–H and O–H groups in total. The van der Waals surface area contributed by atoms with E-state index in [4.69, 9.17) is 4.74 Å². The Hall–Kier alpha value is -2.09. The fraction of sp³-hybridized carbons (Fsp3) is 0.385. The normalized spacial score (nSPS) is 14.3. The van der Waals surface area contributed by atoms with Crippen molar-refractivity contribution in [3.63, 3.8) is 0 Å². The first kappa shape index (κ1) is 15.3. The Morgan fingerprint density at radius 3 is 2.67 bits per heavy atom.